The van der Waals surface area contributed by atoms with E-state index in [4.69, 9.17) is 5.11 Å². The lowest BCUT2D eigenvalue weighted by Gasteiger charge is -2.05. The van der Waals surface area contributed by atoms with Crippen LogP contribution in [0.2, 0.25) is 0 Å². The molecule has 0 atom stereocenters. The summed E-state index contributed by atoms with van der Waals surface area (Å²) in [7, 11) is 0. The van der Waals surface area contributed by atoms with Gasteiger partial charge in [0.25, 0.3) is 0 Å². The molecule has 1 N–H and O–H groups in total. The van der Waals surface area contributed by atoms with Crippen LogP contribution < -0.4 is 0 Å². The topological polar surface area (TPSA) is 20.2 Å². The number of aliphatic hydroxyl groups excluding tert-OH is 1. The normalized spacial score (nSPS) is 10.1. The molecule has 1 aromatic carbocycles. The van der Waals surface area contributed by atoms with Gasteiger partial charge in [0.05, 0.1) is 6.61 Å². The van der Waals surface area contributed by atoms with E-state index >= 15 is 0 Å². The zero-order valence-corrected chi connectivity index (χ0v) is 9.59. The van der Waals surface area contributed by atoms with E-state index in [1.54, 1.807) is 0 Å². The van der Waals surface area contributed by atoms with Gasteiger partial charge in [-0.1, -0.05) is 28.1 Å². The molecule has 0 aliphatic rings. The van der Waals surface area contributed by atoms with Crippen LogP contribution in [-0.2, 0) is 11.9 Å². The summed E-state index contributed by atoms with van der Waals surface area (Å²) in [6.07, 6.45) is 0. The van der Waals surface area contributed by atoms with Crippen molar-refractivity contribution < 1.29 is 5.11 Å². The quantitative estimate of drug-likeness (QED) is 0.654. The largest absolute Gasteiger partial charge is 0.392 e. The molecule has 0 amide bonds. The molecule has 0 aliphatic carbocycles. The Balaban J connectivity index is 3.13. The molecule has 0 heterocycles. The molecule has 1 nitrogen and oxygen atoms in total. The maximum absolute atomic E-state index is 9.00. The summed E-state index contributed by atoms with van der Waals surface area (Å²) in [5.74, 6) is 0. The Bertz CT molecular complexity index is 250. The second-order valence-electron chi connectivity index (χ2n) is 2.17. The Labute approximate surface area is 88.1 Å². The standard InChI is InChI=1S/C8H8BrIO/c9-4-6-2-1-3-8(10)7(6)5-11/h1-3,11H,4-5H2. The van der Waals surface area contributed by atoms with Gasteiger partial charge in [-0.15, -0.1) is 0 Å². The fraction of sp³-hybridized carbons (Fsp3) is 0.250. The Morgan fingerprint density at radius 1 is 1.45 bits per heavy atom. The number of hydrogen-bond acceptors (Lipinski definition) is 1. The first-order valence-corrected chi connectivity index (χ1v) is 5.42. The fourth-order valence-electron chi connectivity index (χ4n) is 0.906. The molecule has 0 aliphatic heterocycles. The van der Waals surface area contributed by atoms with Crippen molar-refractivity contribution in [1.82, 2.24) is 0 Å². The van der Waals surface area contributed by atoms with Crippen LogP contribution in [0.4, 0.5) is 0 Å². The molecule has 0 bridgehead atoms. The third-order valence-electron chi connectivity index (χ3n) is 1.52. The van der Waals surface area contributed by atoms with Crippen LogP contribution in [0.5, 0.6) is 0 Å². The summed E-state index contributed by atoms with van der Waals surface area (Å²) in [5.41, 5.74) is 2.20. The Hall–Kier alpha value is 0.390. The van der Waals surface area contributed by atoms with E-state index in [1.807, 2.05) is 18.2 Å². The van der Waals surface area contributed by atoms with Crippen LogP contribution in [0.15, 0.2) is 18.2 Å². The van der Waals surface area contributed by atoms with E-state index in [1.165, 1.54) is 5.56 Å². The zero-order valence-electron chi connectivity index (χ0n) is 5.85. The molecule has 0 saturated heterocycles. The average Bonchev–Trinajstić information content (AvgIpc) is 2.04. The Morgan fingerprint density at radius 2 is 2.18 bits per heavy atom. The number of hydrogen-bond donors (Lipinski definition) is 1. The first kappa shape index (κ1) is 9.48. The molecular formula is C8H8BrIO. The van der Waals surface area contributed by atoms with Crippen molar-refractivity contribution in [3.63, 3.8) is 0 Å². The van der Waals surface area contributed by atoms with Crippen molar-refractivity contribution in [3.8, 4) is 0 Å². The van der Waals surface area contributed by atoms with Gasteiger partial charge in [0.1, 0.15) is 0 Å². The predicted octanol–water partition coefficient (Wildman–Crippen LogP) is 2.68. The van der Waals surface area contributed by atoms with Crippen molar-refractivity contribution >= 4 is 38.5 Å². The molecule has 1 aromatic rings. The van der Waals surface area contributed by atoms with Gasteiger partial charge in [-0.05, 0) is 39.8 Å². The second kappa shape index (κ2) is 4.42. The molecule has 1 rings (SSSR count). The van der Waals surface area contributed by atoms with Gasteiger partial charge in [-0.3, -0.25) is 0 Å². The third kappa shape index (κ3) is 2.16. The van der Waals surface area contributed by atoms with Crippen molar-refractivity contribution in [2.24, 2.45) is 0 Å². The van der Waals surface area contributed by atoms with Crippen molar-refractivity contribution in [3.05, 3.63) is 32.9 Å². The molecule has 0 saturated carbocycles. The molecule has 3 heteroatoms. The van der Waals surface area contributed by atoms with Gasteiger partial charge in [0.15, 0.2) is 0 Å². The molecule has 60 valence electrons. The molecule has 11 heavy (non-hydrogen) atoms. The second-order valence-corrected chi connectivity index (χ2v) is 3.89. The minimum Gasteiger partial charge on any atom is -0.392 e. The Morgan fingerprint density at radius 3 is 2.64 bits per heavy atom. The van der Waals surface area contributed by atoms with E-state index in [0.717, 1.165) is 14.5 Å². The molecule has 0 radical (unpaired) electrons. The van der Waals surface area contributed by atoms with E-state index < -0.39 is 0 Å². The first-order valence-electron chi connectivity index (χ1n) is 3.22. The van der Waals surface area contributed by atoms with Crippen LogP contribution in [0.3, 0.4) is 0 Å². The molecule has 0 unspecified atom stereocenters. The van der Waals surface area contributed by atoms with Crippen LogP contribution in [0, 0.1) is 3.57 Å². The lowest BCUT2D eigenvalue weighted by atomic mass is 10.1. The van der Waals surface area contributed by atoms with Crippen LogP contribution in [0.25, 0.3) is 0 Å². The van der Waals surface area contributed by atoms with Gasteiger partial charge in [0.2, 0.25) is 0 Å². The number of alkyl halides is 1. The Kier molecular flexibility index (Phi) is 3.81. The van der Waals surface area contributed by atoms with E-state index in [9.17, 15) is 0 Å². The monoisotopic (exact) mass is 326 g/mol. The molecular weight excluding hydrogens is 319 g/mol. The summed E-state index contributed by atoms with van der Waals surface area (Å²) >= 11 is 5.60. The highest BCUT2D eigenvalue weighted by Gasteiger charge is 2.02. The lowest BCUT2D eigenvalue weighted by Crippen LogP contribution is -1.93. The molecule has 0 aromatic heterocycles. The summed E-state index contributed by atoms with van der Waals surface area (Å²) in [6.45, 7) is 0.125. The minimum atomic E-state index is 0.125. The van der Waals surface area contributed by atoms with Crippen LogP contribution >= 0.6 is 38.5 Å². The van der Waals surface area contributed by atoms with Crippen LogP contribution in [-0.4, -0.2) is 5.11 Å². The maximum atomic E-state index is 9.00. The summed E-state index contributed by atoms with van der Waals surface area (Å²) < 4.78 is 1.13. The highest BCUT2D eigenvalue weighted by Crippen LogP contribution is 2.18. The van der Waals surface area contributed by atoms with E-state index in [0.29, 0.717) is 0 Å². The SMILES string of the molecule is OCc1c(I)cccc1CBr. The number of aliphatic hydroxyl groups is 1. The number of rotatable bonds is 2. The highest BCUT2D eigenvalue weighted by molar-refractivity contribution is 14.1. The highest BCUT2D eigenvalue weighted by atomic mass is 127. The molecule has 0 spiro atoms. The van der Waals surface area contributed by atoms with E-state index in [-0.39, 0.29) is 6.61 Å². The number of halogens is 2. The third-order valence-corrected chi connectivity index (χ3v) is 3.13. The van der Waals surface area contributed by atoms with Crippen molar-refractivity contribution in [1.29, 1.82) is 0 Å². The minimum absolute atomic E-state index is 0.125. The number of benzene rings is 1. The summed E-state index contributed by atoms with van der Waals surface area (Å²) in [6, 6.07) is 6.01. The first-order chi connectivity index (χ1) is 5.29. The van der Waals surface area contributed by atoms with Crippen molar-refractivity contribution in [2.75, 3.05) is 0 Å². The zero-order chi connectivity index (χ0) is 8.27. The summed E-state index contributed by atoms with van der Waals surface area (Å²) in [5, 5.41) is 9.81. The summed E-state index contributed by atoms with van der Waals surface area (Å²) in [4.78, 5) is 0. The van der Waals surface area contributed by atoms with Gasteiger partial charge in [-0.2, -0.15) is 0 Å². The van der Waals surface area contributed by atoms with Gasteiger partial charge in [-0.25, -0.2) is 0 Å². The average molecular weight is 327 g/mol. The van der Waals surface area contributed by atoms with Crippen molar-refractivity contribution in [2.45, 2.75) is 11.9 Å². The lowest BCUT2D eigenvalue weighted by molar-refractivity contribution is 0.280. The fourth-order valence-corrected chi connectivity index (χ4v) is 2.16. The predicted molar refractivity (Wildman–Crippen MR) is 57.7 cm³/mol. The maximum Gasteiger partial charge on any atom is 0.0695 e. The van der Waals surface area contributed by atoms with E-state index in [2.05, 4.69) is 38.5 Å². The molecule has 0 fully saturated rings. The van der Waals surface area contributed by atoms with Gasteiger partial charge < -0.3 is 5.11 Å². The smallest absolute Gasteiger partial charge is 0.0695 e. The van der Waals surface area contributed by atoms with Gasteiger partial charge in [0, 0.05) is 8.90 Å². The van der Waals surface area contributed by atoms with Gasteiger partial charge >= 0.3 is 0 Å². The van der Waals surface area contributed by atoms with Crippen LogP contribution in [0.1, 0.15) is 11.1 Å².